The van der Waals surface area contributed by atoms with Crippen molar-refractivity contribution < 1.29 is 19.1 Å². The maximum absolute atomic E-state index is 12.4. The Balaban J connectivity index is 1.50. The van der Waals surface area contributed by atoms with Gasteiger partial charge >= 0.3 is 5.97 Å². The normalized spacial score (nSPS) is 13.1. The average Bonchev–Trinajstić information content (AvgIpc) is 2.66. The highest BCUT2D eigenvalue weighted by Gasteiger charge is 2.23. The van der Waals surface area contributed by atoms with Gasteiger partial charge in [0.05, 0.1) is 0 Å². The van der Waals surface area contributed by atoms with Crippen molar-refractivity contribution in [2.24, 2.45) is 0 Å². The molecule has 0 atom stereocenters. The molecule has 1 aliphatic heterocycles. The largest absolute Gasteiger partial charge is 0.482 e. The zero-order valence-electron chi connectivity index (χ0n) is 15.2. The van der Waals surface area contributed by atoms with Crippen LogP contribution < -0.4 is 9.64 Å². The number of aryl methyl sites for hydroxylation is 3. The summed E-state index contributed by atoms with van der Waals surface area (Å²) in [5.41, 5.74) is 4.31. The standard InChI is InChI=1S/C21H23NO4/c1-15-9-10-18(12-16(15)2)25-14-21(24)26-13-20(23)22-11-5-7-17-6-3-4-8-19(17)22/h3-4,6,8-10,12H,5,7,11,13-14H2,1-2H3. The molecule has 5 nitrogen and oxygen atoms in total. The Labute approximate surface area is 153 Å². The van der Waals surface area contributed by atoms with Crippen LogP contribution in [0.15, 0.2) is 42.5 Å². The molecule has 2 aromatic carbocycles. The van der Waals surface area contributed by atoms with Gasteiger partial charge < -0.3 is 14.4 Å². The van der Waals surface area contributed by atoms with Crippen LogP contribution in [-0.4, -0.2) is 31.6 Å². The lowest BCUT2D eigenvalue weighted by Gasteiger charge is -2.29. The van der Waals surface area contributed by atoms with Gasteiger partial charge in [-0.05, 0) is 61.6 Å². The Kier molecular flexibility index (Phi) is 5.56. The van der Waals surface area contributed by atoms with E-state index in [1.807, 2.05) is 56.3 Å². The number of anilines is 1. The van der Waals surface area contributed by atoms with Crippen molar-refractivity contribution in [3.63, 3.8) is 0 Å². The minimum atomic E-state index is -0.554. The van der Waals surface area contributed by atoms with Gasteiger partial charge in [0.1, 0.15) is 5.75 Å². The van der Waals surface area contributed by atoms with E-state index in [1.165, 1.54) is 0 Å². The zero-order valence-corrected chi connectivity index (χ0v) is 15.2. The lowest BCUT2D eigenvalue weighted by Crippen LogP contribution is -2.38. The number of hydrogen-bond donors (Lipinski definition) is 0. The number of fused-ring (bicyclic) bond motifs is 1. The molecule has 0 N–H and O–H groups in total. The summed E-state index contributed by atoms with van der Waals surface area (Å²) in [4.78, 5) is 26.0. The summed E-state index contributed by atoms with van der Waals surface area (Å²) in [6.45, 7) is 4.15. The highest BCUT2D eigenvalue weighted by molar-refractivity contribution is 5.96. The van der Waals surface area contributed by atoms with E-state index in [1.54, 1.807) is 4.90 Å². The van der Waals surface area contributed by atoms with Crippen LogP contribution in [-0.2, 0) is 20.7 Å². The molecule has 1 aliphatic rings. The number of para-hydroxylation sites is 1. The molecule has 1 heterocycles. The second-order valence-corrected chi connectivity index (χ2v) is 6.47. The van der Waals surface area contributed by atoms with E-state index in [9.17, 15) is 9.59 Å². The molecule has 3 rings (SSSR count). The van der Waals surface area contributed by atoms with E-state index in [4.69, 9.17) is 9.47 Å². The first kappa shape index (κ1) is 18.0. The number of benzene rings is 2. The van der Waals surface area contributed by atoms with E-state index < -0.39 is 5.97 Å². The molecule has 26 heavy (non-hydrogen) atoms. The molecule has 5 heteroatoms. The summed E-state index contributed by atoms with van der Waals surface area (Å²) < 4.78 is 10.5. The third-order valence-corrected chi connectivity index (χ3v) is 4.60. The van der Waals surface area contributed by atoms with Gasteiger partial charge in [-0.3, -0.25) is 4.79 Å². The van der Waals surface area contributed by atoms with E-state index in [0.29, 0.717) is 12.3 Å². The third-order valence-electron chi connectivity index (χ3n) is 4.60. The van der Waals surface area contributed by atoms with Crippen molar-refractivity contribution in [2.75, 3.05) is 24.7 Å². The lowest BCUT2D eigenvalue weighted by molar-refractivity contribution is -0.149. The number of carbonyl (C=O) groups excluding carboxylic acids is 2. The van der Waals surface area contributed by atoms with Crippen molar-refractivity contribution in [2.45, 2.75) is 26.7 Å². The Morgan fingerprint density at radius 3 is 2.65 bits per heavy atom. The maximum Gasteiger partial charge on any atom is 0.344 e. The highest BCUT2D eigenvalue weighted by atomic mass is 16.6. The van der Waals surface area contributed by atoms with Crippen LogP contribution in [0.4, 0.5) is 5.69 Å². The van der Waals surface area contributed by atoms with Gasteiger partial charge in [0.15, 0.2) is 13.2 Å². The number of nitrogens with zero attached hydrogens (tertiary/aromatic N) is 1. The fraction of sp³-hybridized carbons (Fsp3) is 0.333. The molecular weight excluding hydrogens is 330 g/mol. The van der Waals surface area contributed by atoms with Gasteiger partial charge in [-0.25, -0.2) is 4.79 Å². The van der Waals surface area contributed by atoms with Gasteiger partial charge in [-0.1, -0.05) is 24.3 Å². The van der Waals surface area contributed by atoms with Crippen molar-refractivity contribution in [1.29, 1.82) is 0 Å². The molecule has 0 fully saturated rings. The fourth-order valence-corrected chi connectivity index (χ4v) is 3.00. The van der Waals surface area contributed by atoms with Crippen LogP contribution >= 0.6 is 0 Å². The molecule has 1 amide bonds. The summed E-state index contributed by atoms with van der Waals surface area (Å²) in [5, 5.41) is 0. The third kappa shape index (κ3) is 4.23. The number of amides is 1. The van der Waals surface area contributed by atoms with Crippen molar-refractivity contribution in [1.82, 2.24) is 0 Å². The average molecular weight is 353 g/mol. The first-order chi connectivity index (χ1) is 12.5. The van der Waals surface area contributed by atoms with Crippen LogP contribution in [0, 0.1) is 13.8 Å². The number of carbonyl (C=O) groups is 2. The Morgan fingerprint density at radius 2 is 1.85 bits per heavy atom. The van der Waals surface area contributed by atoms with Gasteiger partial charge in [0.25, 0.3) is 5.91 Å². The highest BCUT2D eigenvalue weighted by Crippen LogP contribution is 2.26. The summed E-state index contributed by atoms with van der Waals surface area (Å²) in [7, 11) is 0. The maximum atomic E-state index is 12.4. The van der Waals surface area contributed by atoms with E-state index in [-0.39, 0.29) is 19.1 Å². The molecule has 0 bridgehead atoms. The number of rotatable bonds is 5. The van der Waals surface area contributed by atoms with Crippen LogP contribution in [0.2, 0.25) is 0 Å². The smallest absolute Gasteiger partial charge is 0.344 e. The predicted octanol–water partition coefficient (Wildman–Crippen LogP) is 3.20. The fourth-order valence-electron chi connectivity index (χ4n) is 3.00. The van der Waals surface area contributed by atoms with Crippen LogP contribution in [0.5, 0.6) is 5.75 Å². The van der Waals surface area contributed by atoms with Crippen LogP contribution in [0.3, 0.4) is 0 Å². The summed E-state index contributed by atoms with van der Waals surface area (Å²) in [6.07, 6.45) is 1.87. The van der Waals surface area contributed by atoms with Gasteiger partial charge in [0, 0.05) is 12.2 Å². The SMILES string of the molecule is Cc1ccc(OCC(=O)OCC(=O)N2CCCc3ccccc32)cc1C. The quantitative estimate of drug-likeness (QED) is 0.775. The van der Waals surface area contributed by atoms with Crippen LogP contribution in [0.1, 0.15) is 23.1 Å². The summed E-state index contributed by atoms with van der Waals surface area (Å²) in [6, 6.07) is 13.5. The minimum absolute atomic E-state index is 0.211. The first-order valence-corrected chi connectivity index (χ1v) is 8.78. The van der Waals surface area contributed by atoms with Gasteiger partial charge in [-0.15, -0.1) is 0 Å². The molecule has 0 aliphatic carbocycles. The zero-order chi connectivity index (χ0) is 18.5. The monoisotopic (exact) mass is 353 g/mol. The predicted molar refractivity (Wildman–Crippen MR) is 99.5 cm³/mol. The molecule has 0 spiro atoms. The Hall–Kier alpha value is -2.82. The second-order valence-electron chi connectivity index (χ2n) is 6.47. The molecule has 2 aromatic rings. The number of esters is 1. The molecular formula is C21H23NO4. The molecule has 0 aromatic heterocycles. The second kappa shape index (κ2) is 8.04. The first-order valence-electron chi connectivity index (χ1n) is 8.78. The van der Waals surface area contributed by atoms with Crippen LogP contribution in [0.25, 0.3) is 0 Å². The van der Waals surface area contributed by atoms with Crippen molar-refractivity contribution in [3.05, 3.63) is 59.2 Å². The lowest BCUT2D eigenvalue weighted by atomic mass is 10.0. The number of hydrogen-bond acceptors (Lipinski definition) is 4. The topological polar surface area (TPSA) is 55.8 Å². The van der Waals surface area contributed by atoms with E-state index in [2.05, 4.69) is 0 Å². The summed E-state index contributed by atoms with van der Waals surface area (Å²) >= 11 is 0. The molecule has 0 saturated heterocycles. The molecule has 0 radical (unpaired) electrons. The van der Waals surface area contributed by atoms with Gasteiger partial charge in [-0.2, -0.15) is 0 Å². The van der Waals surface area contributed by atoms with Gasteiger partial charge in [0.2, 0.25) is 0 Å². The van der Waals surface area contributed by atoms with E-state index in [0.717, 1.165) is 35.2 Å². The molecule has 0 saturated carbocycles. The number of ether oxygens (including phenoxy) is 2. The molecule has 0 unspecified atom stereocenters. The van der Waals surface area contributed by atoms with E-state index >= 15 is 0 Å². The van der Waals surface area contributed by atoms with Crippen molar-refractivity contribution in [3.8, 4) is 5.75 Å². The summed E-state index contributed by atoms with van der Waals surface area (Å²) in [5.74, 6) is -0.153. The van der Waals surface area contributed by atoms with Crippen molar-refractivity contribution >= 4 is 17.6 Å². The Bertz CT molecular complexity index is 815. The molecule has 136 valence electrons. The minimum Gasteiger partial charge on any atom is -0.482 e. The Morgan fingerprint density at radius 1 is 1.04 bits per heavy atom.